The van der Waals surface area contributed by atoms with E-state index < -0.39 is 5.91 Å². The first kappa shape index (κ1) is 24.0. The molecular formula is C23H15Cl5N2O3. The first-order valence-corrected chi connectivity index (χ1v) is 11.5. The van der Waals surface area contributed by atoms with Gasteiger partial charge in [0.25, 0.3) is 5.91 Å². The third kappa shape index (κ3) is 4.88. The van der Waals surface area contributed by atoms with Gasteiger partial charge in [-0.3, -0.25) is 4.79 Å². The molecule has 0 radical (unpaired) electrons. The molecule has 0 saturated heterocycles. The Labute approximate surface area is 214 Å². The summed E-state index contributed by atoms with van der Waals surface area (Å²) < 4.78 is 11.4. The van der Waals surface area contributed by atoms with Gasteiger partial charge in [-0.15, -0.1) is 0 Å². The Morgan fingerprint density at radius 2 is 1.64 bits per heavy atom. The standard InChI is InChI=1S/C23H15Cl5N2O3/c1-10-19(26)11(2)21(28)22(20(10)27)32-9-18(31)29-13-4-6-17-16(8-13)30-23(33-17)12-3-5-14(24)15(25)7-12/h3-8H,9H2,1-2H3,(H,29,31). The topological polar surface area (TPSA) is 64.4 Å². The maximum absolute atomic E-state index is 12.5. The van der Waals surface area contributed by atoms with Gasteiger partial charge >= 0.3 is 0 Å². The van der Waals surface area contributed by atoms with E-state index in [4.69, 9.17) is 67.2 Å². The van der Waals surface area contributed by atoms with Crippen LogP contribution in [0.3, 0.4) is 0 Å². The smallest absolute Gasteiger partial charge is 0.262 e. The molecule has 5 nitrogen and oxygen atoms in total. The van der Waals surface area contributed by atoms with Crippen molar-refractivity contribution in [2.24, 2.45) is 0 Å². The highest BCUT2D eigenvalue weighted by Crippen LogP contribution is 2.42. The molecule has 0 spiro atoms. The number of aromatic nitrogens is 1. The van der Waals surface area contributed by atoms with E-state index in [1.54, 1.807) is 50.2 Å². The number of hydrogen-bond acceptors (Lipinski definition) is 4. The van der Waals surface area contributed by atoms with E-state index in [1.807, 2.05) is 0 Å². The second-order valence-electron chi connectivity index (χ2n) is 7.19. The molecule has 1 aromatic heterocycles. The molecule has 4 aromatic rings. The SMILES string of the molecule is Cc1c(Cl)c(C)c(Cl)c(OCC(=O)Nc2ccc3oc(-c4ccc(Cl)c(Cl)c4)nc3c2)c1Cl. The number of nitrogens with zero attached hydrogens (tertiary/aromatic N) is 1. The highest BCUT2D eigenvalue weighted by molar-refractivity contribution is 6.42. The largest absolute Gasteiger partial charge is 0.481 e. The van der Waals surface area contributed by atoms with Crippen LogP contribution in [-0.4, -0.2) is 17.5 Å². The molecule has 0 aliphatic heterocycles. The predicted molar refractivity (Wildman–Crippen MR) is 135 cm³/mol. The van der Waals surface area contributed by atoms with Crippen LogP contribution in [0.5, 0.6) is 5.75 Å². The highest BCUT2D eigenvalue weighted by Gasteiger charge is 2.19. The van der Waals surface area contributed by atoms with Crippen LogP contribution >= 0.6 is 58.0 Å². The van der Waals surface area contributed by atoms with Crippen molar-refractivity contribution < 1.29 is 13.9 Å². The molecule has 0 bridgehead atoms. The van der Waals surface area contributed by atoms with E-state index in [9.17, 15) is 4.79 Å². The fourth-order valence-corrected chi connectivity index (χ4v) is 4.25. The molecule has 1 amide bonds. The summed E-state index contributed by atoms with van der Waals surface area (Å²) in [5, 5.41) is 4.58. The summed E-state index contributed by atoms with van der Waals surface area (Å²) in [5.41, 5.74) is 3.57. The number of benzene rings is 3. The number of fused-ring (bicyclic) bond motifs is 1. The van der Waals surface area contributed by atoms with Crippen LogP contribution in [0.2, 0.25) is 25.1 Å². The van der Waals surface area contributed by atoms with Gasteiger partial charge in [-0.1, -0.05) is 58.0 Å². The number of amides is 1. The normalized spacial score (nSPS) is 11.1. The summed E-state index contributed by atoms with van der Waals surface area (Å²) >= 11 is 30.8. The van der Waals surface area contributed by atoms with Crippen molar-refractivity contribution in [3.8, 4) is 17.2 Å². The zero-order valence-electron chi connectivity index (χ0n) is 17.2. The van der Waals surface area contributed by atoms with Gasteiger partial charge in [0.1, 0.15) is 5.52 Å². The average Bonchev–Trinajstić information content (AvgIpc) is 3.21. The van der Waals surface area contributed by atoms with Crippen molar-refractivity contribution >= 4 is 80.7 Å². The first-order chi connectivity index (χ1) is 15.7. The molecule has 1 N–H and O–H groups in total. The zero-order valence-corrected chi connectivity index (χ0v) is 21.0. The van der Waals surface area contributed by atoms with Crippen molar-refractivity contribution in [1.29, 1.82) is 0 Å². The highest BCUT2D eigenvalue weighted by atomic mass is 35.5. The molecule has 0 aliphatic carbocycles. The number of nitrogens with one attached hydrogen (secondary N) is 1. The van der Waals surface area contributed by atoms with Gasteiger partial charge in [-0.2, -0.15) is 0 Å². The molecule has 3 aromatic carbocycles. The van der Waals surface area contributed by atoms with Gasteiger partial charge in [0.2, 0.25) is 5.89 Å². The quantitative estimate of drug-likeness (QED) is 0.274. The summed E-state index contributed by atoms with van der Waals surface area (Å²) in [4.78, 5) is 16.9. The summed E-state index contributed by atoms with van der Waals surface area (Å²) in [6, 6.07) is 10.2. The molecular weight excluding hydrogens is 530 g/mol. The molecule has 10 heteroatoms. The summed E-state index contributed by atoms with van der Waals surface area (Å²) in [6.45, 7) is 3.20. The number of carbonyl (C=O) groups excluding carboxylic acids is 1. The van der Waals surface area contributed by atoms with Crippen molar-refractivity contribution in [3.63, 3.8) is 0 Å². The average molecular weight is 545 g/mol. The molecule has 0 unspecified atom stereocenters. The van der Waals surface area contributed by atoms with E-state index >= 15 is 0 Å². The number of oxazole rings is 1. The van der Waals surface area contributed by atoms with Crippen LogP contribution < -0.4 is 10.1 Å². The number of carbonyl (C=O) groups is 1. The summed E-state index contributed by atoms with van der Waals surface area (Å²) in [5.74, 6) is 0.194. The van der Waals surface area contributed by atoms with Gasteiger partial charge in [0, 0.05) is 16.3 Å². The van der Waals surface area contributed by atoms with E-state index in [1.165, 1.54) is 0 Å². The Hall–Kier alpha value is -2.15. The monoisotopic (exact) mass is 542 g/mol. The van der Waals surface area contributed by atoms with Crippen LogP contribution in [0, 0.1) is 13.8 Å². The van der Waals surface area contributed by atoms with Crippen molar-refractivity contribution in [3.05, 3.63) is 72.6 Å². The van der Waals surface area contributed by atoms with Crippen LogP contribution in [0.15, 0.2) is 40.8 Å². The van der Waals surface area contributed by atoms with E-state index in [2.05, 4.69) is 10.3 Å². The molecule has 0 atom stereocenters. The third-order valence-electron chi connectivity index (χ3n) is 4.90. The fraction of sp³-hybridized carbons (Fsp3) is 0.130. The lowest BCUT2D eigenvalue weighted by Gasteiger charge is -2.15. The molecule has 170 valence electrons. The number of halogens is 5. The predicted octanol–water partition coefficient (Wildman–Crippen LogP) is 8.40. The Bertz CT molecular complexity index is 1370. The maximum atomic E-state index is 12.5. The molecule has 1 heterocycles. The van der Waals surface area contributed by atoms with E-state index in [-0.39, 0.29) is 22.4 Å². The Balaban J connectivity index is 1.49. The van der Waals surface area contributed by atoms with Gasteiger partial charge in [-0.25, -0.2) is 4.98 Å². The lowest BCUT2D eigenvalue weighted by atomic mass is 10.1. The molecule has 33 heavy (non-hydrogen) atoms. The Morgan fingerprint density at radius 3 is 2.30 bits per heavy atom. The van der Waals surface area contributed by atoms with E-state index in [0.717, 1.165) is 0 Å². The number of anilines is 1. The minimum absolute atomic E-state index is 0.214. The lowest BCUT2D eigenvalue weighted by molar-refractivity contribution is -0.118. The van der Waals surface area contributed by atoms with Crippen LogP contribution in [0.4, 0.5) is 5.69 Å². The second-order valence-corrected chi connectivity index (χ2v) is 9.14. The number of hydrogen-bond donors (Lipinski definition) is 1. The molecule has 4 rings (SSSR count). The Kier molecular flexibility index (Phi) is 6.99. The molecule has 0 aliphatic rings. The summed E-state index contributed by atoms with van der Waals surface area (Å²) in [7, 11) is 0. The number of rotatable bonds is 5. The van der Waals surface area contributed by atoms with Crippen LogP contribution in [-0.2, 0) is 4.79 Å². The van der Waals surface area contributed by atoms with Crippen LogP contribution in [0.1, 0.15) is 11.1 Å². The summed E-state index contributed by atoms with van der Waals surface area (Å²) in [6.07, 6.45) is 0. The molecule has 0 fully saturated rings. The zero-order chi connectivity index (χ0) is 23.9. The Morgan fingerprint density at radius 1 is 0.939 bits per heavy atom. The van der Waals surface area contributed by atoms with Crippen molar-refractivity contribution in [1.82, 2.24) is 4.98 Å². The minimum Gasteiger partial charge on any atom is -0.481 e. The van der Waals surface area contributed by atoms with Crippen molar-refractivity contribution in [2.45, 2.75) is 13.8 Å². The van der Waals surface area contributed by atoms with E-state index in [0.29, 0.717) is 54.4 Å². The van der Waals surface area contributed by atoms with Gasteiger partial charge in [0.05, 0.1) is 20.1 Å². The van der Waals surface area contributed by atoms with Crippen LogP contribution in [0.25, 0.3) is 22.6 Å². The van der Waals surface area contributed by atoms with Gasteiger partial charge in [-0.05, 0) is 61.4 Å². The maximum Gasteiger partial charge on any atom is 0.262 e. The minimum atomic E-state index is -0.403. The van der Waals surface area contributed by atoms with Gasteiger partial charge < -0.3 is 14.5 Å². The number of ether oxygens (including phenoxy) is 1. The second kappa shape index (κ2) is 9.61. The molecule has 0 saturated carbocycles. The first-order valence-electron chi connectivity index (χ1n) is 9.58. The third-order valence-corrected chi connectivity index (χ3v) is 7.12. The van der Waals surface area contributed by atoms with Crippen molar-refractivity contribution in [2.75, 3.05) is 11.9 Å². The fourth-order valence-electron chi connectivity index (χ4n) is 3.13. The van der Waals surface area contributed by atoms with Gasteiger partial charge in [0.15, 0.2) is 17.9 Å². The lowest BCUT2D eigenvalue weighted by Crippen LogP contribution is -2.20.